The van der Waals surface area contributed by atoms with E-state index in [1.165, 1.54) is 6.08 Å². The summed E-state index contributed by atoms with van der Waals surface area (Å²) >= 11 is 0. The number of pyridine rings is 2. The van der Waals surface area contributed by atoms with Gasteiger partial charge >= 0.3 is 0 Å². The van der Waals surface area contributed by atoms with Gasteiger partial charge in [0, 0.05) is 47.9 Å². The number of nitrogens with zero attached hydrogens (tertiary/aromatic N) is 5. The van der Waals surface area contributed by atoms with E-state index in [2.05, 4.69) is 37.1 Å². The van der Waals surface area contributed by atoms with E-state index in [9.17, 15) is 4.79 Å². The molecule has 1 amide bonds. The molecule has 4 N–H and O–H groups in total. The molecule has 1 aliphatic heterocycles. The van der Waals surface area contributed by atoms with Gasteiger partial charge in [-0.1, -0.05) is 6.58 Å². The van der Waals surface area contributed by atoms with Crippen molar-refractivity contribution in [3.8, 4) is 11.4 Å². The molecule has 4 aromatic rings. The third kappa shape index (κ3) is 4.99. The number of fused-ring (bicyclic) bond motifs is 1. The van der Waals surface area contributed by atoms with Gasteiger partial charge in [0.15, 0.2) is 0 Å². The third-order valence-corrected chi connectivity index (χ3v) is 5.91. The Morgan fingerprint density at radius 2 is 2.03 bits per heavy atom. The van der Waals surface area contributed by atoms with Gasteiger partial charge in [0.2, 0.25) is 11.9 Å². The summed E-state index contributed by atoms with van der Waals surface area (Å²) in [5, 5.41) is 6.84. The largest absolute Gasteiger partial charge is 0.377 e. The van der Waals surface area contributed by atoms with Crippen molar-refractivity contribution in [2.24, 2.45) is 5.73 Å². The van der Waals surface area contributed by atoms with Crippen molar-refractivity contribution in [1.82, 2.24) is 19.9 Å². The van der Waals surface area contributed by atoms with Crippen LogP contribution in [0.4, 0.5) is 23.0 Å². The summed E-state index contributed by atoms with van der Waals surface area (Å²) < 4.78 is 5.56. The van der Waals surface area contributed by atoms with Gasteiger partial charge in [0.25, 0.3) is 0 Å². The lowest BCUT2D eigenvalue weighted by molar-refractivity contribution is -0.111. The van der Waals surface area contributed by atoms with E-state index in [0.717, 1.165) is 23.3 Å². The monoisotopic (exact) mass is 482 g/mol. The Kier molecular flexibility index (Phi) is 6.78. The molecule has 10 nitrogen and oxygen atoms in total. The van der Waals surface area contributed by atoms with Gasteiger partial charge in [-0.3, -0.25) is 14.8 Å². The SMILES string of the molecule is C=CC(=O)Nc1ccnc(-c2nc(Nc3ccc(N4CCOCC4CN)cc3)nc3cnccc23)c1. The number of ether oxygens (including phenoxy) is 1. The topological polar surface area (TPSA) is 131 Å². The number of nitrogens with one attached hydrogen (secondary N) is 2. The number of carbonyl (C=O) groups excluding carboxylic acids is 1. The number of nitrogens with two attached hydrogens (primary N) is 1. The van der Waals surface area contributed by atoms with Crippen LogP contribution in [-0.4, -0.2) is 58.2 Å². The fourth-order valence-electron chi connectivity index (χ4n) is 4.12. The number of hydrogen-bond donors (Lipinski definition) is 3. The van der Waals surface area contributed by atoms with E-state index in [0.29, 0.717) is 48.3 Å². The van der Waals surface area contributed by atoms with Crippen molar-refractivity contribution >= 4 is 39.8 Å². The molecule has 5 rings (SSSR count). The van der Waals surface area contributed by atoms with E-state index < -0.39 is 0 Å². The maximum absolute atomic E-state index is 11.7. The van der Waals surface area contributed by atoms with E-state index in [-0.39, 0.29) is 11.9 Å². The zero-order valence-electron chi connectivity index (χ0n) is 19.6. The predicted molar refractivity (Wildman–Crippen MR) is 140 cm³/mol. The molecule has 10 heteroatoms. The second-order valence-corrected chi connectivity index (χ2v) is 8.24. The van der Waals surface area contributed by atoms with Crippen molar-refractivity contribution in [2.45, 2.75) is 6.04 Å². The summed E-state index contributed by atoms with van der Waals surface area (Å²) in [6, 6.07) is 13.5. The standard InChI is InChI=1S/C26H26N8O2/c1-2-24(35)30-18-7-10-29-22(13-18)25-21-8-9-28-15-23(21)32-26(33-25)31-17-3-5-19(6-4-17)34-11-12-36-16-20(34)14-27/h2-10,13,15,20H,1,11-12,14,16,27H2,(H,29,30,35)(H,31,32,33). The summed E-state index contributed by atoms with van der Waals surface area (Å²) in [6.45, 7) is 6.15. The van der Waals surface area contributed by atoms with Crippen LogP contribution in [0.3, 0.4) is 0 Å². The summed E-state index contributed by atoms with van der Waals surface area (Å²) in [6.07, 6.45) is 6.21. The molecule has 1 saturated heterocycles. The quantitative estimate of drug-likeness (QED) is 0.340. The van der Waals surface area contributed by atoms with E-state index in [1.54, 1.807) is 30.7 Å². The van der Waals surface area contributed by atoms with Crippen LogP contribution in [0.25, 0.3) is 22.3 Å². The summed E-state index contributed by atoms with van der Waals surface area (Å²) in [5.74, 6) is 0.108. The lowest BCUT2D eigenvalue weighted by atomic mass is 10.1. The maximum Gasteiger partial charge on any atom is 0.247 e. The highest BCUT2D eigenvalue weighted by Crippen LogP contribution is 2.29. The Morgan fingerprint density at radius 3 is 2.83 bits per heavy atom. The molecule has 0 bridgehead atoms. The number of benzene rings is 1. The van der Waals surface area contributed by atoms with Gasteiger partial charge < -0.3 is 26.0 Å². The van der Waals surface area contributed by atoms with Crippen molar-refractivity contribution in [3.05, 3.63) is 73.7 Å². The molecule has 36 heavy (non-hydrogen) atoms. The maximum atomic E-state index is 11.7. The van der Waals surface area contributed by atoms with Gasteiger partial charge in [0.1, 0.15) is 5.69 Å². The first-order valence-electron chi connectivity index (χ1n) is 11.6. The highest BCUT2D eigenvalue weighted by atomic mass is 16.5. The lowest BCUT2D eigenvalue weighted by Crippen LogP contribution is -2.49. The van der Waals surface area contributed by atoms with Gasteiger partial charge in [0.05, 0.1) is 36.7 Å². The first kappa shape index (κ1) is 23.3. The molecule has 1 aliphatic rings. The fraction of sp³-hybridized carbons (Fsp3) is 0.192. The van der Waals surface area contributed by atoms with Crippen LogP contribution in [-0.2, 0) is 9.53 Å². The normalized spacial score (nSPS) is 15.5. The van der Waals surface area contributed by atoms with Crippen LogP contribution in [0.2, 0.25) is 0 Å². The first-order chi connectivity index (χ1) is 17.6. The van der Waals surface area contributed by atoms with E-state index in [1.807, 2.05) is 30.3 Å². The summed E-state index contributed by atoms with van der Waals surface area (Å²) in [4.78, 5) is 32.1. The van der Waals surface area contributed by atoms with Crippen LogP contribution >= 0.6 is 0 Å². The molecule has 0 radical (unpaired) electrons. The number of rotatable bonds is 7. The average Bonchev–Trinajstić information content (AvgIpc) is 2.93. The number of anilines is 4. The lowest BCUT2D eigenvalue weighted by Gasteiger charge is -2.36. The number of aromatic nitrogens is 4. The number of morpholine rings is 1. The van der Waals surface area contributed by atoms with Gasteiger partial charge in [-0.15, -0.1) is 0 Å². The zero-order chi connectivity index (χ0) is 24.9. The molecule has 182 valence electrons. The van der Waals surface area contributed by atoms with E-state index >= 15 is 0 Å². The van der Waals surface area contributed by atoms with Crippen molar-refractivity contribution in [1.29, 1.82) is 0 Å². The number of carbonyl (C=O) groups is 1. The predicted octanol–water partition coefficient (Wildman–Crippen LogP) is 3.12. The van der Waals surface area contributed by atoms with E-state index in [4.69, 9.17) is 15.5 Å². The number of amides is 1. The zero-order valence-corrected chi connectivity index (χ0v) is 19.6. The minimum atomic E-state index is -0.301. The number of hydrogen-bond acceptors (Lipinski definition) is 9. The van der Waals surface area contributed by atoms with Gasteiger partial charge in [-0.2, -0.15) is 0 Å². The van der Waals surface area contributed by atoms with Gasteiger partial charge in [-0.05, 0) is 48.5 Å². The first-order valence-corrected chi connectivity index (χ1v) is 11.6. The Bertz CT molecular complexity index is 1390. The minimum Gasteiger partial charge on any atom is -0.377 e. The van der Waals surface area contributed by atoms with Crippen LogP contribution in [0.15, 0.2) is 73.7 Å². The Hall–Kier alpha value is -4.41. The molecular formula is C26H26N8O2. The molecule has 0 aliphatic carbocycles. The Labute approximate surface area is 208 Å². The second-order valence-electron chi connectivity index (χ2n) is 8.24. The molecule has 1 atom stereocenters. The highest BCUT2D eigenvalue weighted by molar-refractivity contribution is 5.99. The van der Waals surface area contributed by atoms with Crippen molar-refractivity contribution in [3.63, 3.8) is 0 Å². The van der Waals surface area contributed by atoms with Crippen LogP contribution < -0.4 is 21.3 Å². The smallest absolute Gasteiger partial charge is 0.247 e. The fourth-order valence-corrected chi connectivity index (χ4v) is 4.12. The van der Waals surface area contributed by atoms with Crippen LogP contribution in [0.1, 0.15) is 0 Å². The van der Waals surface area contributed by atoms with Crippen LogP contribution in [0, 0.1) is 0 Å². The molecular weight excluding hydrogens is 456 g/mol. The Balaban J connectivity index is 1.45. The van der Waals surface area contributed by atoms with Crippen molar-refractivity contribution in [2.75, 3.05) is 41.8 Å². The van der Waals surface area contributed by atoms with Gasteiger partial charge in [-0.25, -0.2) is 9.97 Å². The molecule has 0 spiro atoms. The average molecular weight is 483 g/mol. The second kappa shape index (κ2) is 10.5. The molecule has 3 aromatic heterocycles. The molecule has 1 unspecified atom stereocenters. The molecule has 1 fully saturated rings. The third-order valence-electron chi connectivity index (χ3n) is 5.91. The van der Waals surface area contributed by atoms with Crippen LogP contribution in [0.5, 0.6) is 0 Å². The Morgan fingerprint density at radius 1 is 1.17 bits per heavy atom. The van der Waals surface area contributed by atoms with Crippen molar-refractivity contribution < 1.29 is 9.53 Å². The molecule has 0 saturated carbocycles. The summed E-state index contributed by atoms with van der Waals surface area (Å²) in [7, 11) is 0. The summed E-state index contributed by atoms with van der Waals surface area (Å²) in [5.41, 5.74) is 10.3. The molecule has 4 heterocycles. The highest BCUT2D eigenvalue weighted by Gasteiger charge is 2.22. The minimum absolute atomic E-state index is 0.163. The molecule has 1 aromatic carbocycles.